The predicted octanol–water partition coefficient (Wildman–Crippen LogP) is -4.86. The second-order valence-corrected chi connectivity index (χ2v) is 18.4. The van der Waals surface area contributed by atoms with Gasteiger partial charge in [0.2, 0.25) is 11.8 Å². The van der Waals surface area contributed by atoms with Crippen LogP contribution in [0.25, 0.3) is 0 Å². The van der Waals surface area contributed by atoms with Crippen molar-refractivity contribution in [1.82, 2.24) is 52.1 Å². The van der Waals surface area contributed by atoms with E-state index in [4.69, 9.17) is 24.4 Å². The zero-order valence-corrected chi connectivity index (χ0v) is 40.7. The van der Waals surface area contributed by atoms with Crippen LogP contribution in [-0.2, 0) is 38.1 Å². The Morgan fingerprint density at radius 1 is 0.873 bits per heavy atom. The van der Waals surface area contributed by atoms with Gasteiger partial charge in [-0.15, -0.1) is 0 Å². The number of aliphatic carboxylic acids is 2. The average molecular weight is 1020 g/mol. The highest BCUT2D eigenvalue weighted by Crippen LogP contribution is 2.35. The van der Waals surface area contributed by atoms with Crippen LogP contribution in [0.3, 0.4) is 0 Å². The Labute approximate surface area is 409 Å². The lowest BCUT2D eigenvalue weighted by Crippen LogP contribution is -2.67. The van der Waals surface area contributed by atoms with E-state index in [1.165, 1.54) is 7.11 Å². The third kappa shape index (κ3) is 15.8. The molecule has 0 bridgehead atoms. The van der Waals surface area contributed by atoms with Crippen LogP contribution in [-0.4, -0.2) is 201 Å². The fourth-order valence-electron chi connectivity index (χ4n) is 8.33. The number of nitrogens with zero attached hydrogens (tertiary/aromatic N) is 1. The number of nitrogens with one attached hydrogen (secondary N) is 10. The number of hydrogen-bond donors (Lipinski definition) is 16. The Hall–Kier alpha value is -5.30. The Kier molecular flexibility index (Phi) is 22.6. The number of unbranched alkanes of at least 4 members (excludes halogenated alkanes) is 2. The first-order chi connectivity index (χ1) is 33.6. The van der Waals surface area contributed by atoms with Crippen molar-refractivity contribution in [2.75, 3.05) is 39.8 Å². The molecule has 0 saturated carbocycles. The van der Waals surface area contributed by atoms with E-state index in [0.29, 0.717) is 6.54 Å². The second-order valence-electron chi connectivity index (χ2n) is 18.4. The summed E-state index contributed by atoms with van der Waals surface area (Å²) in [5, 5.41) is 94.5. The fourth-order valence-corrected chi connectivity index (χ4v) is 8.33. The summed E-state index contributed by atoms with van der Waals surface area (Å²) in [5.41, 5.74) is -1.76. The van der Waals surface area contributed by atoms with E-state index in [1.54, 1.807) is 27.7 Å². The van der Waals surface area contributed by atoms with Gasteiger partial charge >= 0.3 is 23.7 Å². The van der Waals surface area contributed by atoms with Crippen molar-refractivity contribution in [3.63, 3.8) is 0 Å². The highest BCUT2D eigenvalue weighted by atomic mass is 16.7. The summed E-state index contributed by atoms with van der Waals surface area (Å²) < 4.78 is 24.5. The van der Waals surface area contributed by atoms with Crippen LogP contribution >= 0.6 is 0 Å². The highest BCUT2D eigenvalue weighted by Gasteiger charge is 2.54. The normalized spacial score (nSPS) is 26.9. The van der Waals surface area contributed by atoms with Crippen LogP contribution in [0.15, 0.2) is 21.9 Å². The molecule has 0 aliphatic carbocycles. The first kappa shape index (κ1) is 58.3. The molecule has 28 nitrogen and oxygen atoms in total. The molecule has 402 valence electrons. The van der Waals surface area contributed by atoms with E-state index in [2.05, 4.69) is 49.5 Å². The molecule has 3 aliphatic rings. The van der Waals surface area contributed by atoms with Crippen LogP contribution in [0.1, 0.15) is 73.0 Å². The number of aromatic amines is 1. The van der Waals surface area contributed by atoms with Gasteiger partial charge in [-0.3, -0.25) is 34.1 Å². The minimum atomic E-state index is -1.90. The fraction of sp³-hybridized carbons (Fsp3) is 0.767. The minimum Gasteiger partial charge on any atom is -0.480 e. The maximum atomic E-state index is 13.9. The Morgan fingerprint density at radius 2 is 1.58 bits per heavy atom. The van der Waals surface area contributed by atoms with Gasteiger partial charge in [-0.05, 0) is 44.2 Å². The summed E-state index contributed by atoms with van der Waals surface area (Å²) in [7, 11) is 1.28. The number of aromatic nitrogens is 2. The molecule has 15 atom stereocenters. The van der Waals surface area contributed by atoms with Crippen LogP contribution < -0.4 is 53.8 Å². The standard InChI is InChI=1S/C43H73N11O17/c1-7-8-9-13-45-18-22-29(57)34(68-6)40(69-22)71-32(33-30(58)31(59)37(70-33)54-17-12-23(55)50-43(54)67)27(39(64)65)46-14-10-15-47-35(60)26(28(56)20(4)5)51-36(61)25(21-11-16-48-41(44)49-21)53-42(66)52-24(19(2)3)38(62)63/h12,17,19-22,24-34,37,40,45-46,56-59H,7-11,13-16,18H2,1-6H3,(H,47,60)(H,51,61)(H,62,63)(H,64,65)(H3,44,48,49)(H,50,55,67)(H2,52,53,66)/t21?,22-,24?,25?,26?,27?,28?,29+,30+,31-,32?,33+,34-,37-,40-/m1/s1. The molecule has 1 aromatic rings. The third-order valence-electron chi connectivity index (χ3n) is 12.4. The lowest BCUT2D eigenvalue weighted by Gasteiger charge is -2.34. The number of carboxylic acids is 2. The zero-order chi connectivity index (χ0) is 52.7. The van der Waals surface area contributed by atoms with Crippen LogP contribution in [0.2, 0.25) is 0 Å². The van der Waals surface area contributed by atoms with Crippen molar-refractivity contribution >= 4 is 35.7 Å². The predicted molar refractivity (Wildman–Crippen MR) is 249 cm³/mol. The van der Waals surface area contributed by atoms with Gasteiger partial charge in [-0.25, -0.2) is 14.4 Å². The number of ether oxygens (including phenoxy) is 4. The van der Waals surface area contributed by atoms with Crippen molar-refractivity contribution in [3.05, 3.63) is 33.1 Å². The molecule has 3 saturated heterocycles. The molecule has 0 spiro atoms. The van der Waals surface area contributed by atoms with E-state index in [9.17, 15) is 64.2 Å². The monoisotopic (exact) mass is 1020 g/mol. The van der Waals surface area contributed by atoms with E-state index in [-0.39, 0.29) is 45.0 Å². The molecular formula is C43H73N11O17. The van der Waals surface area contributed by atoms with Gasteiger partial charge < -0.3 is 92.1 Å². The van der Waals surface area contributed by atoms with Crippen molar-refractivity contribution in [3.8, 4) is 0 Å². The molecule has 16 N–H and O–H groups in total. The Bertz CT molecular complexity index is 2060. The number of hydrogen-bond acceptors (Lipinski definition) is 18. The Morgan fingerprint density at radius 3 is 2.18 bits per heavy atom. The number of carboxylic acid groups (broad SMARTS) is 2. The van der Waals surface area contributed by atoms with Crippen molar-refractivity contribution in [1.29, 1.82) is 5.41 Å². The number of amides is 4. The number of carbonyl (C=O) groups is 5. The van der Waals surface area contributed by atoms with Gasteiger partial charge in [-0.1, -0.05) is 47.5 Å². The smallest absolute Gasteiger partial charge is 0.330 e. The van der Waals surface area contributed by atoms with Gasteiger partial charge in [-0.2, -0.15) is 0 Å². The van der Waals surface area contributed by atoms with Crippen LogP contribution in [0, 0.1) is 17.2 Å². The quantitative estimate of drug-likeness (QED) is 0.0350. The lowest BCUT2D eigenvalue weighted by molar-refractivity contribution is -0.231. The number of H-pyrrole nitrogens is 1. The van der Waals surface area contributed by atoms with Crippen LogP contribution in [0.4, 0.5) is 4.79 Å². The van der Waals surface area contributed by atoms with E-state index in [1.807, 2.05) is 4.98 Å². The molecule has 71 heavy (non-hydrogen) atoms. The number of methoxy groups -OCH3 is 1. The zero-order valence-electron chi connectivity index (χ0n) is 40.7. The van der Waals surface area contributed by atoms with Gasteiger partial charge in [0, 0.05) is 39.0 Å². The molecule has 3 aliphatic heterocycles. The maximum absolute atomic E-state index is 13.9. The summed E-state index contributed by atoms with van der Waals surface area (Å²) in [6.45, 7) is 9.02. The highest BCUT2D eigenvalue weighted by molar-refractivity contribution is 5.94. The van der Waals surface area contributed by atoms with Gasteiger partial charge in [0.05, 0.1) is 12.1 Å². The van der Waals surface area contributed by atoms with Gasteiger partial charge in [0.25, 0.3) is 5.56 Å². The molecular weight excluding hydrogens is 943 g/mol. The van der Waals surface area contributed by atoms with Crippen LogP contribution in [0.5, 0.6) is 0 Å². The average Bonchev–Trinajstić information content (AvgIpc) is 3.77. The first-order valence-electron chi connectivity index (χ1n) is 23.8. The molecule has 4 amide bonds. The summed E-state index contributed by atoms with van der Waals surface area (Å²) in [5.74, 6) is -5.96. The lowest BCUT2D eigenvalue weighted by atomic mass is 9.97. The molecule has 0 radical (unpaired) electrons. The number of urea groups is 1. The number of carbonyl (C=O) groups excluding carboxylic acids is 3. The molecule has 7 unspecified atom stereocenters. The SMILES string of the molecule is CCCCCNC[C@H]1O[C@H](OC(C(NCCCNC(=O)C(NC(=O)C(NC(=O)NC(C(=O)O)C(C)C)C2CCNC(=N)N2)C(O)C(C)C)C(=O)O)[C@H]2O[C@@H](n3ccc(=O)[nH]c3=O)[C@H](O)[C@@H]2O)[C@H](OC)[C@H]1O. The van der Waals surface area contributed by atoms with E-state index < -0.39 is 144 Å². The third-order valence-corrected chi connectivity index (χ3v) is 12.4. The first-order valence-corrected chi connectivity index (χ1v) is 23.8. The van der Waals surface area contributed by atoms with Crippen molar-refractivity contribution in [2.24, 2.45) is 11.8 Å². The summed E-state index contributed by atoms with van der Waals surface area (Å²) in [6.07, 6.45) is -11.1. The minimum absolute atomic E-state index is 0.00997. The number of guanidine groups is 1. The van der Waals surface area contributed by atoms with E-state index in [0.717, 1.165) is 36.1 Å². The molecule has 4 heterocycles. The number of rotatable bonds is 28. The van der Waals surface area contributed by atoms with Crippen molar-refractivity contribution in [2.45, 2.75) is 158 Å². The summed E-state index contributed by atoms with van der Waals surface area (Å²) in [6, 6.07) is -7.15. The molecule has 0 aromatic carbocycles. The maximum Gasteiger partial charge on any atom is 0.330 e. The van der Waals surface area contributed by atoms with E-state index >= 15 is 0 Å². The number of aliphatic hydroxyl groups excluding tert-OH is 4. The second kappa shape index (κ2) is 27.5. The van der Waals surface area contributed by atoms with Gasteiger partial charge in [0.15, 0.2) is 18.5 Å². The number of aliphatic hydroxyl groups is 4. The van der Waals surface area contributed by atoms with Crippen molar-refractivity contribution < 1.29 is 73.6 Å². The summed E-state index contributed by atoms with van der Waals surface area (Å²) >= 11 is 0. The summed E-state index contributed by atoms with van der Waals surface area (Å²) in [4.78, 5) is 92.2. The molecule has 4 rings (SSSR count). The molecule has 3 fully saturated rings. The molecule has 28 heteroatoms. The molecule has 1 aromatic heterocycles. The Balaban J connectivity index is 1.51. The topological polar surface area (TPSA) is 419 Å². The van der Waals surface area contributed by atoms with Gasteiger partial charge in [0.1, 0.15) is 66.9 Å². The largest absolute Gasteiger partial charge is 0.480 e.